The number of rotatable bonds is 8. The second-order valence-corrected chi connectivity index (χ2v) is 5.24. The van der Waals surface area contributed by atoms with Gasteiger partial charge in [-0.15, -0.1) is 24.0 Å². The van der Waals surface area contributed by atoms with E-state index in [0.29, 0.717) is 18.3 Å². The lowest BCUT2D eigenvalue weighted by Gasteiger charge is -2.13. The van der Waals surface area contributed by atoms with E-state index in [1.54, 1.807) is 25.5 Å². The number of guanidine groups is 1. The monoisotopic (exact) mass is 459 g/mol. The Morgan fingerprint density at radius 1 is 1.24 bits per heavy atom. The summed E-state index contributed by atoms with van der Waals surface area (Å²) in [7, 11) is 1.67. The van der Waals surface area contributed by atoms with Crippen LogP contribution in [0.15, 0.2) is 52.1 Å². The predicted octanol–water partition coefficient (Wildman–Crippen LogP) is 2.74. The van der Waals surface area contributed by atoms with E-state index in [4.69, 9.17) is 9.15 Å². The van der Waals surface area contributed by atoms with Crippen LogP contribution in [0.3, 0.4) is 0 Å². The van der Waals surface area contributed by atoms with Crippen LogP contribution in [-0.4, -0.2) is 37.8 Å². The maximum Gasteiger partial charge on any atom is 0.191 e. The summed E-state index contributed by atoms with van der Waals surface area (Å²) in [6.07, 6.45) is 1.61. The quantitative estimate of drug-likeness (QED) is 0.322. The molecule has 0 radical (unpaired) electrons. The Balaban J connectivity index is 0.00000312. The third kappa shape index (κ3) is 6.95. The maximum atomic E-state index is 10.0. The van der Waals surface area contributed by atoms with E-state index in [-0.39, 0.29) is 30.5 Å². The summed E-state index contributed by atoms with van der Waals surface area (Å²) in [6.45, 7) is 3.69. The third-order valence-electron chi connectivity index (χ3n) is 3.52. The summed E-state index contributed by atoms with van der Waals surface area (Å²) in [5.74, 6) is 2.07. The summed E-state index contributed by atoms with van der Waals surface area (Å²) in [6, 6.07) is 11.4. The number of aliphatic hydroxyl groups is 1. The lowest BCUT2D eigenvalue weighted by atomic mass is 10.1. The van der Waals surface area contributed by atoms with Gasteiger partial charge in [0.15, 0.2) is 5.96 Å². The molecule has 0 aliphatic rings. The first kappa shape index (κ1) is 21.3. The first-order valence-electron chi connectivity index (χ1n) is 8.10. The van der Waals surface area contributed by atoms with Crippen LogP contribution in [0.4, 0.5) is 0 Å². The fourth-order valence-corrected chi connectivity index (χ4v) is 2.32. The van der Waals surface area contributed by atoms with Gasteiger partial charge in [-0.25, -0.2) is 0 Å². The molecule has 1 aromatic heterocycles. The van der Waals surface area contributed by atoms with Crippen molar-refractivity contribution in [1.29, 1.82) is 0 Å². The van der Waals surface area contributed by atoms with Gasteiger partial charge in [-0.3, -0.25) is 4.99 Å². The number of furan rings is 1. The molecule has 0 spiro atoms. The van der Waals surface area contributed by atoms with Crippen molar-refractivity contribution < 1.29 is 14.3 Å². The van der Waals surface area contributed by atoms with Crippen LogP contribution in [-0.2, 0) is 6.42 Å². The SMILES string of the molecule is CCNC(=NCC(O)c1ccco1)NCCc1ccccc1OC.I. The van der Waals surface area contributed by atoms with E-state index in [2.05, 4.69) is 15.6 Å². The smallest absolute Gasteiger partial charge is 0.191 e. The maximum absolute atomic E-state index is 10.0. The number of benzene rings is 1. The number of nitrogens with zero attached hydrogens (tertiary/aromatic N) is 1. The molecule has 3 N–H and O–H groups in total. The highest BCUT2D eigenvalue weighted by Crippen LogP contribution is 2.17. The molecule has 1 heterocycles. The molecule has 25 heavy (non-hydrogen) atoms. The van der Waals surface area contributed by atoms with Crippen LogP contribution in [0.1, 0.15) is 24.4 Å². The fraction of sp³-hybridized carbons (Fsp3) is 0.389. The highest BCUT2D eigenvalue weighted by Gasteiger charge is 2.10. The molecule has 0 saturated carbocycles. The summed E-state index contributed by atoms with van der Waals surface area (Å²) in [5.41, 5.74) is 1.14. The molecule has 0 saturated heterocycles. The van der Waals surface area contributed by atoms with E-state index in [9.17, 15) is 5.11 Å². The fourth-order valence-electron chi connectivity index (χ4n) is 2.32. The van der Waals surface area contributed by atoms with Crippen molar-refractivity contribution in [2.75, 3.05) is 26.7 Å². The zero-order valence-corrected chi connectivity index (χ0v) is 16.9. The van der Waals surface area contributed by atoms with E-state index in [1.165, 1.54) is 0 Å². The highest BCUT2D eigenvalue weighted by atomic mass is 127. The molecule has 2 aromatic rings. The minimum absolute atomic E-state index is 0. The minimum Gasteiger partial charge on any atom is -0.496 e. The van der Waals surface area contributed by atoms with Crippen molar-refractivity contribution in [1.82, 2.24) is 10.6 Å². The molecule has 138 valence electrons. The number of nitrogens with one attached hydrogen (secondary N) is 2. The topological polar surface area (TPSA) is 79.0 Å². The van der Waals surface area contributed by atoms with Gasteiger partial charge < -0.3 is 24.9 Å². The number of ether oxygens (including phenoxy) is 1. The molecule has 0 amide bonds. The molecule has 0 aliphatic carbocycles. The zero-order chi connectivity index (χ0) is 17.2. The van der Waals surface area contributed by atoms with Crippen molar-refractivity contribution in [2.24, 2.45) is 4.99 Å². The van der Waals surface area contributed by atoms with Gasteiger partial charge in [0.1, 0.15) is 17.6 Å². The Morgan fingerprint density at radius 3 is 2.72 bits per heavy atom. The number of para-hydroxylation sites is 1. The highest BCUT2D eigenvalue weighted by molar-refractivity contribution is 14.0. The Kier molecular flexibility index (Phi) is 10.0. The Labute approximate surface area is 165 Å². The molecule has 0 aliphatic heterocycles. The number of hydrogen-bond acceptors (Lipinski definition) is 4. The van der Waals surface area contributed by atoms with Gasteiger partial charge in [0.2, 0.25) is 0 Å². The van der Waals surface area contributed by atoms with E-state index in [0.717, 1.165) is 24.3 Å². The Hall–Kier alpha value is -1.74. The second-order valence-electron chi connectivity index (χ2n) is 5.24. The van der Waals surface area contributed by atoms with Crippen LogP contribution in [0.2, 0.25) is 0 Å². The molecule has 1 atom stereocenters. The van der Waals surface area contributed by atoms with Crippen molar-refractivity contribution in [3.63, 3.8) is 0 Å². The predicted molar refractivity (Wildman–Crippen MR) is 110 cm³/mol. The molecule has 0 bridgehead atoms. The van der Waals surface area contributed by atoms with Crippen LogP contribution in [0.25, 0.3) is 0 Å². The van der Waals surface area contributed by atoms with Gasteiger partial charge >= 0.3 is 0 Å². The molecule has 7 heteroatoms. The van der Waals surface area contributed by atoms with Gasteiger partial charge in [0.25, 0.3) is 0 Å². The van der Waals surface area contributed by atoms with Crippen molar-refractivity contribution in [2.45, 2.75) is 19.4 Å². The van der Waals surface area contributed by atoms with Gasteiger partial charge in [0.05, 0.1) is 19.9 Å². The van der Waals surface area contributed by atoms with Gasteiger partial charge in [-0.1, -0.05) is 18.2 Å². The lowest BCUT2D eigenvalue weighted by Crippen LogP contribution is -2.38. The zero-order valence-electron chi connectivity index (χ0n) is 14.6. The number of hydrogen-bond donors (Lipinski definition) is 3. The molecule has 1 aromatic carbocycles. The normalized spacial score (nSPS) is 12.2. The summed E-state index contributed by atoms with van der Waals surface area (Å²) in [4.78, 5) is 4.40. The molecule has 2 rings (SSSR count). The number of aliphatic hydroxyl groups excluding tert-OH is 1. The van der Waals surface area contributed by atoms with E-state index >= 15 is 0 Å². The second kappa shape index (κ2) is 11.8. The number of halogens is 1. The lowest BCUT2D eigenvalue weighted by molar-refractivity contribution is 0.158. The summed E-state index contributed by atoms with van der Waals surface area (Å²) in [5, 5.41) is 16.5. The Morgan fingerprint density at radius 2 is 2.04 bits per heavy atom. The van der Waals surface area contributed by atoms with E-state index < -0.39 is 6.10 Å². The average molecular weight is 459 g/mol. The van der Waals surface area contributed by atoms with Crippen LogP contribution in [0, 0.1) is 0 Å². The molecular weight excluding hydrogens is 433 g/mol. The van der Waals surface area contributed by atoms with Gasteiger partial charge in [0, 0.05) is 13.1 Å². The standard InChI is InChI=1S/C18H25N3O3.HI/c1-3-19-18(21-13-15(22)17-9-6-12-24-17)20-11-10-14-7-4-5-8-16(14)23-2;/h4-9,12,15,22H,3,10-11,13H2,1-2H3,(H2,19,20,21);1H. The largest absolute Gasteiger partial charge is 0.496 e. The number of aliphatic imine (C=N–C) groups is 1. The number of methoxy groups -OCH3 is 1. The molecule has 1 unspecified atom stereocenters. The van der Waals surface area contributed by atoms with Crippen LogP contribution < -0.4 is 15.4 Å². The van der Waals surface area contributed by atoms with E-state index in [1.807, 2.05) is 31.2 Å². The van der Waals surface area contributed by atoms with Crippen LogP contribution in [0.5, 0.6) is 5.75 Å². The summed E-state index contributed by atoms with van der Waals surface area (Å²) >= 11 is 0. The van der Waals surface area contributed by atoms with Gasteiger partial charge in [-0.2, -0.15) is 0 Å². The van der Waals surface area contributed by atoms with Gasteiger partial charge in [-0.05, 0) is 37.1 Å². The molecular formula is C18H26IN3O3. The first-order chi connectivity index (χ1) is 11.7. The van der Waals surface area contributed by atoms with Crippen molar-refractivity contribution >= 4 is 29.9 Å². The Bertz CT molecular complexity index is 632. The first-order valence-corrected chi connectivity index (χ1v) is 8.10. The third-order valence-corrected chi connectivity index (χ3v) is 3.52. The summed E-state index contributed by atoms with van der Waals surface area (Å²) < 4.78 is 10.5. The average Bonchev–Trinajstić information content (AvgIpc) is 3.14. The van der Waals surface area contributed by atoms with Crippen molar-refractivity contribution in [3.05, 3.63) is 54.0 Å². The molecule has 6 nitrogen and oxygen atoms in total. The van der Waals surface area contributed by atoms with Crippen LogP contribution >= 0.6 is 24.0 Å². The molecule has 0 fully saturated rings. The van der Waals surface area contributed by atoms with Crippen molar-refractivity contribution in [3.8, 4) is 5.75 Å². The minimum atomic E-state index is -0.746.